The number of carbonyl (C=O) groups is 2. The van der Waals surface area contributed by atoms with Gasteiger partial charge in [0, 0.05) is 29.8 Å². The number of carboxylic acids is 1. The van der Waals surface area contributed by atoms with Gasteiger partial charge in [0.25, 0.3) is 0 Å². The Morgan fingerprint density at radius 2 is 1.84 bits per heavy atom. The second-order valence-electron chi connectivity index (χ2n) is 11.5. The molecule has 7 nitrogen and oxygen atoms in total. The van der Waals surface area contributed by atoms with Gasteiger partial charge >= 0.3 is 12.0 Å². The van der Waals surface area contributed by atoms with Gasteiger partial charge in [0.05, 0.1) is 10.6 Å². The molecule has 0 aromatic carbocycles. The van der Waals surface area contributed by atoms with Crippen LogP contribution >= 0.6 is 11.3 Å². The predicted molar refractivity (Wildman–Crippen MR) is 149 cm³/mol. The van der Waals surface area contributed by atoms with Crippen molar-refractivity contribution >= 4 is 28.9 Å². The highest BCUT2D eigenvalue weighted by atomic mass is 32.1. The largest absolute Gasteiger partial charge is 0.477 e. The second kappa shape index (κ2) is 11.7. The van der Waals surface area contributed by atoms with Crippen molar-refractivity contribution in [3.63, 3.8) is 0 Å². The zero-order valence-electron chi connectivity index (χ0n) is 22.9. The van der Waals surface area contributed by atoms with Gasteiger partial charge in [-0.15, -0.1) is 11.3 Å². The molecule has 1 N–H and O–H groups in total. The molecule has 0 bridgehead atoms. The Labute approximate surface area is 229 Å². The van der Waals surface area contributed by atoms with E-state index in [1.807, 2.05) is 20.8 Å². The number of carbonyl (C=O) groups excluding carboxylic acids is 1. The molecular formula is C30H37N3O4S. The molecule has 1 fully saturated rings. The summed E-state index contributed by atoms with van der Waals surface area (Å²) in [6.07, 6.45) is 9.84. The third-order valence-corrected chi connectivity index (χ3v) is 8.18. The number of hydrogen-bond donors (Lipinski definition) is 1. The van der Waals surface area contributed by atoms with E-state index in [-0.39, 0.29) is 40.2 Å². The summed E-state index contributed by atoms with van der Waals surface area (Å²) in [4.78, 5) is 37.5. The minimum Gasteiger partial charge on any atom is -0.477 e. The van der Waals surface area contributed by atoms with Gasteiger partial charge in [0.15, 0.2) is 0 Å². The van der Waals surface area contributed by atoms with Gasteiger partial charge in [-0.25, -0.2) is 14.8 Å². The highest BCUT2D eigenvalue weighted by Gasteiger charge is 2.39. The van der Waals surface area contributed by atoms with Gasteiger partial charge in [0.1, 0.15) is 11.0 Å². The molecule has 1 saturated carbocycles. The number of ether oxygens (including phenoxy) is 1. The molecule has 0 unspecified atom stereocenters. The molecule has 2 atom stereocenters. The van der Waals surface area contributed by atoms with Crippen molar-refractivity contribution in [2.75, 3.05) is 4.90 Å². The quantitative estimate of drug-likeness (QED) is 0.342. The number of carboxylic acid groups (broad SMARTS) is 1. The van der Waals surface area contributed by atoms with E-state index in [0.717, 1.165) is 30.6 Å². The molecule has 4 rings (SSSR count). The summed E-state index contributed by atoms with van der Waals surface area (Å²) in [5.41, 5.74) is 1.56. The number of anilines is 1. The lowest BCUT2D eigenvalue weighted by molar-refractivity contribution is -0.124. The Hall–Kier alpha value is -3.18. The number of amides is 1. The minimum absolute atomic E-state index is 0.00708. The average molecular weight is 536 g/mol. The first-order valence-electron chi connectivity index (χ1n) is 13.3. The van der Waals surface area contributed by atoms with Crippen molar-refractivity contribution in [2.24, 2.45) is 17.3 Å². The number of aromatic nitrogens is 2. The minimum atomic E-state index is -1.03. The summed E-state index contributed by atoms with van der Waals surface area (Å²) in [5.74, 6) is 5.33. The Balaban J connectivity index is 1.65. The van der Waals surface area contributed by atoms with Crippen molar-refractivity contribution in [2.45, 2.75) is 85.3 Å². The molecule has 1 amide bonds. The molecular weight excluding hydrogens is 498 g/mol. The third-order valence-electron chi connectivity index (χ3n) is 7.16. The van der Waals surface area contributed by atoms with Crippen LogP contribution in [0.3, 0.4) is 0 Å². The Morgan fingerprint density at radius 1 is 1.16 bits per heavy atom. The van der Waals surface area contributed by atoms with Gasteiger partial charge in [-0.2, -0.15) is 0 Å². The summed E-state index contributed by atoms with van der Waals surface area (Å²) in [6.45, 7) is 10.3. The molecule has 0 saturated heterocycles. The lowest BCUT2D eigenvalue weighted by Crippen LogP contribution is -2.48. The van der Waals surface area contributed by atoms with Crippen molar-refractivity contribution in [3.8, 4) is 17.9 Å². The predicted octanol–water partition coefficient (Wildman–Crippen LogP) is 6.35. The Bertz CT molecular complexity index is 1240. The van der Waals surface area contributed by atoms with Crippen LogP contribution in [-0.2, 0) is 4.79 Å². The second-order valence-corrected chi connectivity index (χ2v) is 12.5. The van der Waals surface area contributed by atoms with Crippen LogP contribution in [0.4, 0.5) is 5.69 Å². The maximum Gasteiger partial charge on any atom is 0.348 e. The number of rotatable bonds is 6. The Kier molecular flexibility index (Phi) is 8.57. The van der Waals surface area contributed by atoms with Gasteiger partial charge in [-0.1, -0.05) is 30.4 Å². The van der Waals surface area contributed by atoms with Gasteiger partial charge in [-0.05, 0) is 84.3 Å². The van der Waals surface area contributed by atoms with E-state index in [4.69, 9.17) is 4.74 Å². The van der Waals surface area contributed by atoms with Crippen molar-refractivity contribution < 1.29 is 19.4 Å². The zero-order chi connectivity index (χ0) is 27.4. The van der Waals surface area contributed by atoms with E-state index in [1.165, 1.54) is 5.57 Å². The van der Waals surface area contributed by atoms with E-state index in [0.29, 0.717) is 35.8 Å². The summed E-state index contributed by atoms with van der Waals surface area (Å²) in [6, 6.07) is 3.79. The maximum atomic E-state index is 14.2. The van der Waals surface area contributed by atoms with E-state index < -0.39 is 5.97 Å². The monoisotopic (exact) mass is 535 g/mol. The summed E-state index contributed by atoms with van der Waals surface area (Å²) < 4.78 is 5.98. The maximum absolute atomic E-state index is 14.2. The highest BCUT2D eigenvalue weighted by Crippen LogP contribution is 2.39. The van der Waals surface area contributed by atoms with Crippen LogP contribution < -0.4 is 9.64 Å². The summed E-state index contributed by atoms with van der Waals surface area (Å²) >= 11 is 1.15. The lowest BCUT2D eigenvalue weighted by atomic mass is 9.79. The number of thiophene rings is 1. The van der Waals surface area contributed by atoms with Crippen LogP contribution in [0, 0.1) is 29.1 Å². The van der Waals surface area contributed by atoms with Gasteiger partial charge < -0.3 is 14.7 Å². The molecule has 0 spiro atoms. The van der Waals surface area contributed by atoms with Crippen LogP contribution in [0.5, 0.6) is 6.01 Å². The summed E-state index contributed by atoms with van der Waals surface area (Å²) in [7, 11) is 0. The fourth-order valence-electron chi connectivity index (χ4n) is 5.25. The van der Waals surface area contributed by atoms with E-state index in [2.05, 4.69) is 41.7 Å². The molecule has 0 aliphatic heterocycles. The smallest absolute Gasteiger partial charge is 0.348 e. The molecule has 0 radical (unpaired) electrons. The average Bonchev–Trinajstić information content (AvgIpc) is 3.28. The van der Waals surface area contributed by atoms with Crippen LogP contribution in [0.25, 0.3) is 0 Å². The van der Waals surface area contributed by atoms with Gasteiger partial charge in [0.2, 0.25) is 5.91 Å². The first-order chi connectivity index (χ1) is 18.0. The van der Waals surface area contributed by atoms with E-state index in [1.54, 1.807) is 29.4 Å². The number of nitrogens with zero attached hydrogens (tertiary/aromatic N) is 3. The Morgan fingerprint density at radius 3 is 2.45 bits per heavy atom. The molecule has 2 aromatic rings. The van der Waals surface area contributed by atoms with Crippen LogP contribution in [0.15, 0.2) is 36.2 Å². The van der Waals surface area contributed by atoms with Crippen LogP contribution in [-0.4, -0.2) is 39.1 Å². The zero-order valence-corrected chi connectivity index (χ0v) is 23.7. The SMILES string of the molecule is CC1=CC[C@H](C(=O)N(c2cc(C#CC(C)(C)C)sc2C(=O)O)[C@H]2CC[C@H](Oc3ncccn3)CC2)[C@@H](C)C1. The van der Waals surface area contributed by atoms with Crippen molar-refractivity contribution in [1.82, 2.24) is 9.97 Å². The van der Waals surface area contributed by atoms with Crippen LogP contribution in [0.2, 0.25) is 0 Å². The van der Waals surface area contributed by atoms with Crippen molar-refractivity contribution in [1.29, 1.82) is 0 Å². The highest BCUT2D eigenvalue weighted by molar-refractivity contribution is 7.15. The van der Waals surface area contributed by atoms with Crippen molar-refractivity contribution in [3.05, 3.63) is 45.9 Å². The third kappa shape index (κ3) is 6.82. The van der Waals surface area contributed by atoms with Gasteiger partial charge in [-0.3, -0.25) is 4.79 Å². The number of hydrogen-bond acceptors (Lipinski definition) is 6. The topological polar surface area (TPSA) is 92.6 Å². The fourth-order valence-corrected chi connectivity index (χ4v) is 6.09. The number of allylic oxidation sites excluding steroid dienone is 2. The first kappa shape index (κ1) is 27.8. The normalized spacial score (nSPS) is 23.6. The molecule has 8 heteroatoms. The first-order valence-corrected chi connectivity index (χ1v) is 14.2. The summed E-state index contributed by atoms with van der Waals surface area (Å²) in [5, 5.41) is 10.1. The molecule has 2 heterocycles. The molecule has 2 aliphatic carbocycles. The van der Waals surface area contributed by atoms with Crippen LogP contribution in [0.1, 0.15) is 87.7 Å². The molecule has 2 aromatic heterocycles. The molecule has 38 heavy (non-hydrogen) atoms. The fraction of sp³-hybridized carbons (Fsp3) is 0.533. The standard InChI is InChI=1S/C30H37N3O4S/c1-19-7-12-24(20(2)17-19)27(34)33(21-8-10-22(11-9-21)37-29-31-15-6-16-32-29)25-18-23(13-14-30(3,4)5)38-26(25)28(35)36/h6-7,15-16,18,20-22,24H,8-12,17H2,1-5H3,(H,35,36)/t20-,21-,22-,24-/m0/s1. The number of aromatic carboxylic acids is 1. The van der Waals surface area contributed by atoms with E-state index >= 15 is 0 Å². The van der Waals surface area contributed by atoms with E-state index in [9.17, 15) is 14.7 Å². The molecule has 202 valence electrons. The lowest BCUT2D eigenvalue weighted by Gasteiger charge is -2.40. The molecule has 2 aliphatic rings.